The van der Waals surface area contributed by atoms with Gasteiger partial charge >= 0.3 is 0 Å². The molecular weight excluding hydrogens is 372 g/mol. The second kappa shape index (κ2) is 7.37. The summed E-state index contributed by atoms with van der Waals surface area (Å²) >= 11 is 2.84. The molecule has 3 rings (SSSR count). The van der Waals surface area contributed by atoms with E-state index in [4.69, 9.17) is 0 Å². The number of rotatable bonds is 6. The lowest BCUT2D eigenvalue weighted by atomic mass is 10.1. The van der Waals surface area contributed by atoms with Gasteiger partial charge in [-0.3, -0.25) is 0 Å². The van der Waals surface area contributed by atoms with Crippen molar-refractivity contribution in [2.45, 2.75) is 37.9 Å². The lowest BCUT2D eigenvalue weighted by Gasteiger charge is -2.02. The largest absolute Gasteiger partial charge is 0.250 e. The lowest BCUT2D eigenvalue weighted by Crippen LogP contribution is -2.22. The molecule has 25 heavy (non-hydrogen) atoms. The molecule has 0 bridgehead atoms. The number of aromatic nitrogens is 1. The van der Waals surface area contributed by atoms with E-state index in [0.717, 1.165) is 22.0 Å². The molecule has 0 fully saturated rings. The maximum atomic E-state index is 12.3. The summed E-state index contributed by atoms with van der Waals surface area (Å²) in [5, 5.41) is 0.788. The van der Waals surface area contributed by atoms with Crippen LogP contribution < -0.4 is 4.72 Å². The van der Waals surface area contributed by atoms with Crippen LogP contribution in [-0.2, 0) is 23.0 Å². The molecule has 0 saturated heterocycles. The predicted octanol–water partition coefficient (Wildman–Crippen LogP) is 4.20. The van der Waals surface area contributed by atoms with Gasteiger partial charge in [0, 0.05) is 16.2 Å². The average molecular weight is 393 g/mol. The summed E-state index contributed by atoms with van der Waals surface area (Å²) in [6, 6.07) is 11.9. The number of nitrogens with one attached hydrogen (secondary N) is 1. The first-order chi connectivity index (χ1) is 11.8. The second-order valence-electron chi connectivity index (χ2n) is 5.97. The molecule has 0 amide bonds. The SMILES string of the molecule is Cc1ccc(Cc2sc(CNS(=O)(=O)c3ccc(C)s3)nc2C)cc1. The maximum absolute atomic E-state index is 12.3. The molecule has 7 heteroatoms. The first-order valence-corrected chi connectivity index (χ1v) is 11.0. The van der Waals surface area contributed by atoms with Crippen LogP contribution in [0.4, 0.5) is 0 Å². The van der Waals surface area contributed by atoms with Crippen molar-refractivity contribution in [1.29, 1.82) is 0 Å². The van der Waals surface area contributed by atoms with Gasteiger partial charge in [-0.15, -0.1) is 22.7 Å². The molecule has 1 N–H and O–H groups in total. The summed E-state index contributed by atoms with van der Waals surface area (Å²) < 4.78 is 27.6. The topological polar surface area (TPSA) is 59.1 Å². The molecular formula is C18H20N2O2S3. The quantitative estimate of drug-likeness (QED) is 0.684. The molecule has 0 aliphatic carbocycles. The van der Waals surface area contributed by atoms with Gasteiger partial charge in [-0.1, -0.05) is 29.8 Å². The Morgan fingerprint density at radius 3 is 2.36 bits per heavy atom. The summed E-state index contributed by atoms with van der Waals surface area (Å²) in [4.78, 5) is 6.67. The highest BCUT2D eigenvalue weighted by molar-refractivity contribution is 7.91. The van der Waals surface area contributed by atoms with Gasteiger partial charge in [0.25, 0.3) is 0 Å². The van der Waals surface area contributed by atoms with Crippen LogP contribution in [-0.4, -0.2) is 13.4 Å². The third-order valence-corrected chi connectivity index (χ3v) is 7.87. The Bertz CT molecular complexity index is 970. The van der Waals surface area contributed by atoms with E-state index in [9.17, 15) is 8.42 Å². The van der Waals surface area contributed by atoms with Gasteiger partial charge in [0.2, 0.25) is 10.0 Å². The summed E-state index contributed by atoms with van der Waals surface area (Å²) in [7, 11) is -3.47. The summed E-state index contributed by atoms with van der Waals surface area (Å²) in [5.74, 6) is 0. The molecule has 0 aliphatic heterocycles. The molecule has 0 saturated carbocycles. The van der Waals surface area contributed by atoms with Crippen LogP contribution in [0.3, 0.4) is 0 Å². The van der Waals surface area contributed by atoms with Gasteiger partial charge in [0.05, 0.1) is 12.2 Å². The minimum absolute atomic E-state index is 0.221. The van der Waals surface area contributed by atoms with Crippen molar-refractivity contribution in [3.63, 3.8) is 0 Å². The Labute approximate surface area is 156 Å². The molecule has 2 aromatic heterocycles. The molecule has 0 unspecified atom stereocenters. The van der Waals surface area contributed by atoms with E-state index in [1.54, 1.807) is 17.4 Å². The maximum Gasteiger partial charge on any atom is 0.250 e. The van der Waals surface area contributed by atoms with E-state index < -0.39 is 10.0 Å². The van der Waals surface area contributed by atoms with E-state index >= 15 is 0 Å². The Balaban J connectivity index is 1.69. The van der Waals surface area contributed by atoms with Gasteiger partial charge in [0.1, 0.15) is 9.22 Å². The zero-order valence-electron chi connectivity index (χ0n) is 14.4. The minimum atomic E-state index is -3.47. The number of hydrogen-bond acceptors (Lipinski definition) is 5. The lowest BCUT2D eigenvalue weighted by molar-refractivity contribution is 0.583. The molecule has 0 aliphatic rings. The van der Waals surface area contributed by atoms with Gasteiger partial charge in [-0.05, 0) is 38.5 Å². The molecule has 0 spiro atoms. The Morgan fingerprint density at radius 2 is 1.72 bits per heavy atom. The van der Waals surface area contributed by atoms with Crippen LogP contribution in [0.1, 0.15) is 31.6 Å². The zero-order valence-corrected chi connectivity index (χ0v) is 16.8. The first-order valence-electron chi connectivity index (χ1n) is 7.90. The monoisotopic (exact) mass is 392 g/mol. The highest BCUT2D eigenvalue weighted by Crippen LogP contribution is 2.24. The molecule has 1 aromatic carbocycles. The van der Waals surface area contributed by atoms with Crippen molar-refractivity contribution in [2.24, 2.45) is 0 Å². The fourth-order valence-electron chi connectivity index (χ4n) is 2.40. The first kappa shape index (κ1) is 18.3. The minimum Gasteiger partial charge on any atom is -0.245 e. The Kier molecular flexibility index (Phi) is 5.38. The van der Waals surface area contributed by atoms with Crippen molar-refractivity contribution in [2.75, 3.05) is 0 Å². The van der Waals surface area contributed by atoms with Crippen LogP contribution in [0.2, 0.25) is 0 Å². The van der Waals surface area contributed by atoms with Crippen LogP contribution in [0.5, 0.6) is 0 Å². The number of nitrogens with zero attached hydrogens (tertiary/aromatic N) is 1. The summed E-state index contributed by atoms with van der Waals surface area (Å²) in [6.45, 7) is 6.16. The highest BCUT2D eigenvalue weighted by atomic mass is 32.2. The smallest absolute Gasteiger partial charge is 0.245 e. The van der Waals surface area contributed by atoms with Crippen molar-refractivity contribution in [3.8, 4) is 0 Å². The number of thiazole rings is 1. The fourth-order valence-corrected chi connectivity index (χ4v) is 5.85. The van der Waals surface area contributed by atoms with Crippen LogP contribution in [0.15, 0.2) is 40.6 Å². The van der Waals surface area contributed by atoms with E-state index in [-0.39, 0.29) is 6.54 Å². The molecule has 0 radical (unpaired) electrons. The van der Waals surface area contributed by atoms with Crippen LogP contribution in [0.25, 0.3) is 0 Å². The van der Waals surface area contributed by atoms with Gasteiger partial charge < -0.3 is 0 Å². The van der Waals surface area contributed by atoms with E-state index in [1.807, 2.05) is 19.9 Å². The molecule has 4 nitrogen and oxygen atoms in total. The second-order valence-corrected chi connectivity index (χ2v) is 10.4. The van der Waals surface area contributed by atoms with E-state index in [0.29, 0.717) is 4.21 Å². The average Bonchev–Trinajstić information content (AvgIpc) is 3.15. The van der Waals surface area contributed by atoms with E-state index in [2.05, 4.69) is 40.9 Å². The number of thiophene rings is 1. The van der Waals surface area contributed by atoms with Gasteiger partial charge in [-0.25, -0.2) is 18.1 Å². The number of sulfonamides is 1. The number of hydrogen-bond donors (Lipinski definition) is 1. The number of benzene rings is 1. The van der Waals surface area contributed by atoms with Crippen molar-refractivity contribution < 1.29 is 8.42 Å². The molecule has 0 atom stereocenters. The third kappa shape index (κ3) is 4.55. The summed E-state index contributed by atoms with van der Waals surface area (Å²) in [5.41, 5.74) is 3.44. The van der Waals surface area contributed by atoms with Crippen molar-refractivity contribution in [3.05, 3.63) is 68.0 Å². The molecule has 132 valence electrons. The summed E-state index contributed by atoms with van der Waals surface area (Å²) in [6.07, 6.45) is 0.820. The Morgan fingerprint density at radius 1 is 1.00 bits per heavy atom. The normalized spacial score (nSPS) is 11.8. The van der Waals surface area contributed by atoms with Crippen molar-refractivity contribution in [1.82, 2.24) is 9.71 Å². The number of aryl methyl sites for hydroxylation is 3. The van der Waals surface area contributed by atoms with Crippen LogP contribution in [0, 0.1) is 20.8 Å². The predicted molar refractivity (Wildman–Crippen MR) is 104 cm³/mol. The zero-order chi connectivity index (χ0) is 18.0. The van der Waals surface area contributed by atoms with Gasteiger partial charge in [0.15, 0.2) is 0 Å². The molecule has 2 heterocycles. The van der Waals surface area contributed by atoms with Crippen LogP contribution >= 0.6 is 22.7 Å². The fraction of sp³-hybridized carbons (Fsp3) is 0.278. The standard InChI is InChI=1S/C18H20N2O2S3/c1-12-4-7-15(8-5-12)10-16-14(3)20-17(24-16)11-19-25(21,22)18-9-6-13(2)23-18/h4-9,19H,10-11H2,1-3H3. The van der Waals surface area contributed by atoms with E-state index in [1.165, 1.54) is 27.3 Å². The third-order valence-electron chi connectivity index (χ3n) is 3.82. The Hall–Kier alpha value is -1.54. The highest BCUT2D eigenvalue weighted by Gasteiger charge is 2.17. The molecule has 3 aromatic rings. The van der Waals surface area contributed by atoms with Crippen molar-refractivity contribution >= 4 is 32.7 Å². The van der Waals surface area contributed by atoms with Gasteiger partial charge in [-0.2, -0.15) is 0 Å².